The van der Waals surface area contributed by atoms with Crippen molar-refractivity contribution in [3.63, 3.8) is 0 Å². The summed E-state index contributed by atoms with van der Waals surface area (Å²) in [6.45, 7) is 3.60. The van der Waals surface area contributed by atoms with E-state index in [-0.39, 0.29) is 18.4 Å². The van der Waals surface area contributed by atoms with E-state index in [4.69, 9.17) is 0 Å². The highest BCUT2D eigenvalue weighted by molar-refractivity contribution is 6.07. The van der Waals surface area contributed by atoms with Crippen LogP contribution in [0.1, 0.15) is 62.3 Å². The summed E-state index contributed by atoms with van der Waals surface area (Å²) in [5.74, 6) is -2.44. The molecule has 2 fully saturated rings. The van der Waals surface area contributed by atoms with Gasteiger partial charge in [0.2, 0.25) is 11.8 Å². The average Bonchev–Trinajstić information content (AvgIpc) is 3.37. The molecule has 2 heterocycles. The number of carbonyl (C=O) groups is 4. The van der Waals surface area contributed by atoms with Crippen LogP contribution in [0.2, 0.25) is 0 Å². The highest BCUT2D eigenvalue weighted by Gasteiger charge is 2.54. The molecule has 1 spiro atoms. The van der Waals surface area contributed by atoms with Crippen LogP contribution in [0.4, 0.5) is 19.3 Å². The van der Waals surface area contributed by atoms with Crippen molar-refractivity contribution in [1.29, 1.82) is 0 Å². The van der Waals surface area contributed by atoms with Gasteiger partial charge in [-0.15, -0.1) is 0 Å². The molecule has 2 unspecified atom stereocenters. The molecule has 2 aliphatic heterocycles. The first-order chi connectivity index (χ1) is 18.5. The third kappa shape index (κ3) is 4.45. The Kier molecular flexibility index (Phi) is 6.68. The minimum absolute atomic E-state index is 0.195. The Morgan fingerprint density at radius 2 is 1.69 bits per heavy atom. The highest BCUT2D eigenvalue weighted by atomic mass is 19.1. The van der Waals surface area contributed by atoms with Gasteiger partial charge in [-0.3, -0.25) is 19.7 Å². The fraction of sp³-hybridized carbons (Fsp3) is 0.448. The molecule has 3 aliphatic rings. The van der Waals surface area contributed by atoms with E-state index in [2.05, 4.69) is 10.6 Å². The Morgan fingerprint density at radius 1 is 1.03 bits per heavy atom. The second-order valence-electron chi connectivity index (χ2n) is 10.9. The number of halogens is 2. The predicted molar refractivity (Wildman–Crippen MR) is 140 cm³/mol. The summed E-state index contributed by atoms with van der Waals surface area (Å²) in [5, 5.41) is 5.21. The van der Waals surface area contributed by atoms with Crippen LogP contribution in [-0.2, 0) is 27.2 Å². The smallest absolute Gasteiger partial charge is 0.324 e. The molecule has 39 heavy (non-hydrogen) atoms. The molecule has 2 aromatic rings. The fourth-order valence-corrected chi connectivity index (χ4v) is 6.45. The topological polar surface area (TPSA) is 98.8 Å². The molecule has 0 aromatic heterocycles. The van der Waals surface area contributed by atoms with Crippen molar-refractivity contribution < 1.29 is 28.0 Å². The van der Waals surface area contributed by atoms with Crippen molar-refractivity contribution in [2.24, 2.45) is 5.41 Å². The standard InChI is InChI=1S/C29H32F2N4O4/c1-4-28(5-2)9-8-23(18-10-20(30)13-21(31)11-18)35(26(28)38)16-24(36)32-22-7-6-17-14-29(15-19(17)12-22)25(37)33-27(39)34(29)3/h6-7,10-13,23H,4-5,8-9,14-16H2,1-3H3,(H,32,36)(H,33,37,39). The molecule has 5 rings (SSSR count). The van der Waals surface area contributed by atoms with Crippen molar-refractivity contribution in [3.05, 3.63) is 64.7 Å². The number of fused-ring (bicyclic) bond motifs is 1. The number of hydrogen-bond acceptors (Lipinski definition) is 4. The number of urea groups is 1. The molecule has 5 amide bonds. The zero-order chi connectivity index (χ0) is 28.1. The van der Waals surface area contributed by atoms with Crippen LogP contribution >= 0.6 is 0 Å². The minimum Gasteiger partial charge on any atom is -0.326 e. The first-order valence-corrected chi connectivity index (χ1v) is 13.3. The normalized spacial score (nSPS) is 23.8. The summed E-state index contributed by atoms with van der Waals surface area (Å²) in [7, 11) is 1.60. The zero-order valence-electron chi connectivity index (χ0n) is 22.3. The largest absolute Gasteiger partial charge is 0.326 e. The number of nitrogens with zero attached hydrogens (tertiary/aromatic N) is 2. The third-order valence-electron chi connectivity index (χ3n) is 8.97. The van der Waals surface area contributed by atoms with Crippen LogP contribution in [0.25, 0.3) is 0 Å². The lowest BCUT2D eigenvalue weighted by atomic mass is 9.72. The van der Waals surface area contributed by atoms with Crippen molar-refractivity contribution >= 4 is 29.4 Å². The quantitative estimate of drug-likeness (QED) is 0.542. The molecule has 2 saturated heterocycles. The second kappa shape index (κ2) is 9.73. The molecule has 8 nitrogen and oxygen atoms in total. The molecular formula is C29H32F2N4O4. The summed E-state index contributed by atoms with van der Waals surface area (Å²) in [6, 6.07) is 7.49. The highest BCUT2D eigenvalue weighted by Crippen LogP contribution is 2.45. The maximum absolute atomic E-state index is 14.1. The van der Waals surface area contributed by atoms with Gasteiger partial charge in [0.05, 0.1) is 6.04 Å². The average molecular weight is 539 g/mol. The number of nitrogens with one attached hydrogen (secondary N) is 2. The predicted octanol–water partition coefficient (Wildman–Crippen LogP) is 4.09. The number of likely N-dealkylation sites (tertiary alicyclic amines) is 1. The summed E-state index contributed by atoms with van der Waals surface area (Å²) in [4.78, 5) is 54.5. The molecule has 1 aliphatic carbocycles. The van der Waals surface area contributed by atoms with Crippen molar-refractivity contribution in [3.8, 4) is 0 Å². The maximum atomic E-state index is 14.1. The number of rotatable bonds is 6. The number of carbonyl (C=O) groups excluding carboxylic acids is 4. The second-order valence-corrected chi connectivity index (χ2v) is 10.9. The molecule has 2 N–H and O–H groups in total. The van der Waals surface area contributed by atoms with Gasteiger partial charge in [-0.1, -0.05) is 19.9 Å². The Hall–Kier alpha value is -3.82. The van der Waals surface area contributed by atoms with Gasteiger partial charge in [0.15, 0.2) is 0 Å². The molecule has 0 radical (unpaired) electrons. The molecular weight excluding hydrogens is 506 g/mol. The van der Waals surface area contributed by atoms with Crippen molar-refractivity contribution in [2.75, 3.05) is 18.9 Å². The molecule has 2 aromatic carbocycles. The lowest BCUT2D eigenvalue weighted by molar-refractivity contribution is -0.153. The Labute approximate surface area is 225 Å². The maximum Gasteiger partial charge on any atom is 0.324 e. The number of hydrogen-bond donors (Lipinski definition) is 2. The number of amides is 5. The van der Waals surface area contributed by atoms with Crippen LogP contribution in [-0.4, -0.2) is 52.7 Å². The number of benzene rings is 2. The van der Waals surface area contributed by atoms with Gasteiger partial charge in [-0.25, -0.2) is 13.6 Å². The van der Waals surface area contributed by atoms with E-state index in [1.54, 1.807) is 19.2 Å². The number of imide groups is 1. The minimum atomic E-state index is -0.973. The van der Waals surface area contributed by atoms with E-state index in [1.165, 1.54) is 21.9 Å². The molecule has 206 valence electrons. The first kappa shape index (κ1) is 26.8. The SMILES string of the molecule is CCC1(CC)CCC(c2cc(F)cc(F)c2)N(CC(=O)Nc2ccc3c(c2)CC2(C3)C(=O)NC(=O)N2C)C1=O. The Bertz CT molecular complexity index is 1350. The summed E-state index contributed by atoms with van der Waals surface area (Å²) >= 11 is 0. The van der Waals surface area contributed by atoms with Gasteiger partial charge in [0.25, 0.3) is 5.91 Å². The Balaban J connectivity index is 1.37. The van der Waals surface area contributed by atoms with Gasteiger partial charge >= 0.3 is 6.03 Å². The van der Waals surface area contributed by atoms with Crippen LogP contribution < -0.4 is 10.6 Å². The van der Waals surface area contributed by atoms with Gasteiger partial charge in [-0.2, -0.15) is 0 Å². The van der Waals surface area contributed by atoms with Crippen LogP contribution in [0, 0.1) is 17.0 Å². The van der Waals surface area contributed by atoms with Crippen LogP contribution in [0.5, 0.6) is 0 Å². The molecule has 0 saturated carbocycles. The summed E-state index contributed by atoms with van der Waals surface area (Å²) in [5.41, 5.74) is 0.987. The van der Waals surface area contributed by atoms with E-state index in [0.29, 0.717) is 49.8 Å². The number of anilines is 1. The lowest BCUT2D eigenvalue weighted by Gasteiger charge is -2.45. The van der Waals surface area contributed by atoms with Gasteiger partial charge in [0.1, 0.15) is 23.7 Å². The molecule has 0 bridgehead atoms. The van der Waals surface area contributed by atoms with Crippen LogP contribution in [0.15, 0.2) is 36.4 Å². The van der Waals surface area contributed by atoms with Gasteiger partial charge < -0.3 is 15.1 Å². The third-order valence-corrected chi connectivity index (χ3v) is 8.97. The van der Waals surface area contributed by atoms with E-state index in [1.807, 2.05) is 19.9 Å². The lowest BCUT2D eigenvalue weighted by Crippen LogP contribution is -2.52. The van der Waals surface area contributed by atoms with E-state index < -0.39 is 40.6 Å². The fourth-order valence-electron chi connectivity index (χ4n) is 6.45. The molecule has 2 atom stereocenters. The number of piperidine rings is 1. The number of likely N-dealkylation sites (N-methyl/N-ethyl adjacent to an activating group) is 1. The monoisotopic (exact) mass is 538 g/mol. The summed E-state index contributed by atoms with van der Waals surface area (Å²) < 4.78 is 28.1. The van der Waals surface area contributed by atoms with Crippen molar-refractivity contribution in [2.45, 2.75) is 64.0 Å². The van der Waals surface area contributed by atoms with E-state index >= 15 is 0 Å². The van der Waals surface area contributed by atoms with Gasteiger partial charge in [-0.05, 0) is 66.6 Å². The first-order valence-electron chi connectivity index (χ1n) is 13.3. The van der Waals surface area contributed by atoms with Gasteiger partial charge in [0, 0.05) is 37.1 Å². The summed E-state index contributed by atoms with van der Waals surface area (Å²) in [6.07, 6.45) is 2.96. The van der Waals surface area contributed by atoms with Crippen molar-refractivity contribution in [1.82, 2.24) is 15.1 Å². The van der Waals surface area contributed by atoms with Crippen LogP contribution in [0.3, 0.4) is 0 Å². The zero-order valence-corrected chi connectivity index (χ0v) is 22.3. The van der Waals surface area contributed by atoms with E-state index in [9.17, 15) is 28.0 Å². The van der Waals surface area contributed by atoms with E-state index in [0.717, 1.165) is 17.2 Å². The Morgan fingerprint density at radius 3 is 2.31 bits per heavy atom. The molecule has 10 heteroatoms.